The van der Waals surface area contributed by atoms with Crippen molar-refractivity contribution in [3.63, 3.8) is 0 Å². The van der Waals surface area contributed by atoms with E-state index in [9.17, 15) is 10.2 Å². The number of para-hydroxylation sites is 6. The first-order chi connectivity index (χ1) is 38.2. The van der Waals surface area contributed by atoms with Crippen LogP contribution in [-0.4, -0.2) is 42.0 Å². The predicted octanol–water partition coefficient (Wildman–Crippen LogP) is 18.0. The molecule has 2 heterocycles. The van der Waals surface area contributed by atoms with E-state index in [-0.39, 0.29) is 37.7 Å². The van der Waals surface area contributed by atoms with Crippen LogP contribution in [0, 0.1) is 39.5 Å². The van der Waals surface area contributed by atoms with Gasteiger partial charge in [0.2, 0.25) is 0 Å². The van der Waals surface area contributed by atoms with Gasteiger partial charge in [0.15, 0.2) is 13.2 Å². The zero-order valence-corrected chi connectivity index (χ0v) is 47.4. The Kier molecular flexibility index (Phi) is 16.8. The number of benzene rings is 10. The summed E-state index contributed by atoms with van der Waals surface area (Å²) >= 11 is 0. The summed E-state index contributed by atoms with van der Waals surface area (Å²) in [6.45, 7) is 13.0. The fraction of sp³-hybridized carbons (Fsp3) is 0.139. The summed E-state index contributed by atoms with van der Waals surface area (Å²) in [5, 5.41) is 28.7. The molecule has 1 aliphatic carbocycles. The van der Waals surface area contributed by atoms with Gasteiger partial charge in [-0.2, -0.15) is 49.2 Å². The molecule has 0 radical (unpaired) electrons. The van der Waals surface area contributed by atoms with Gasteiger partial charge in [-0.15, -0.1) is 24.3 Å². The molecule has 79 heavy (non-hydrogen) atoms. The fourth-order valence-electron chi connectivity index (χ4n) is 11.5. The average Bonchev–Trinajstić information content (AvgIpc) is 4.16. The molecule has 1 saturated carbocycles. The second-order valence-corrected chi connectivity index (χ2v) is 20.6. The van der Waals surface area contributed by atoms with E-state index in [4.69, 9.17) is 9.47 Å². The van der Waals surface area contributed by atoms with E-state index < -0.39 is 0 Å². The summed E-state index contributed by atoms with van der Waals surface area (Å²) in [4.78, 5) is 0. The molecule has 0 saturated heterocycles. The van der Waals surface area contributed by atoms with E-state index in [1.165, 1.54) is 23.6 Å². The van der Waals surface area contributed by atoms with Crippen LogP contribution in [0.15, 0.2) is 231 Å². The van der Waals surface area contributed by atoms with Gasteiger partial charge in [0.1, 0.15) is 11.5 Å². The molecule has 2 unspecified atom stereocenters. The number of aliphatic hydroxyl groups is 2. The summed E-state index contributed by atoms with van der Waals surface area (Å²) < 4.78 is 15.1. The van der Waals surface area contributed by atoms with Gasteiger partial charge in [0.05, 0.1) is 44.6 Å². The fourth-order valence-corrected chi connectivity index (χ4v) is 11.5. The van der Waals surface area contributed by atoms with Crippen molar-refractivity contribution in [3.8, 4) is 56.6 Å². The van der Waals surface area contributed by atoms with Crippen LogP contribution < -0.4 is 0 Å². The maximum absolute atomic E-state index is 12.2. The van der Waals surface area contributed by atoms with Crippen molar-refractivity contribution in [1.29, 1.82) is 0 Å². The minimum absolute atomic E-state index is 0. The molecule has 1 aliphatic rings. The monoisotopic (exact) mass is 1110 g/mol. The standard InChI is InChI=1S/C58H50N2O4.2C7H7.Zr/c1-37-31-48(58(62)54(32-37)60-51-27-13-7-21-43(51)44-22-8-14-28-52(44)60)46-24-10-16-30-57(46)64-36-40-18-4-3-17-39(40)35-63-56-29-15-9-23-45(56)47-33-38(2)53(34-55(47)61)59-49-25-11-5-19-41(49)42-20-6-12-26-50(42)59;2*1-7-5-3-2-4-6-7;/h5-16,19-34,39-40,61-62H,3-4,17-18,35-36H2,1-2H3;2*2-6H,1H2;/q;2*-1;/p+2. The van der Waals surface area contributed by atoms with Gasteiger partial charge in [-0.1, -0.05) is 122 Å². The first-order valence-electron chi connectivity index (χ1n) is 27.1. The third kappa shape index (κ3) is 11.5. The Bertz CT molecular complexity index is 3890. The number of aromatic hydroxyl groups is 4. The van der Waals surface area contributed by atoms with E-state index >= 15 is 0 Å². The number of aromatic nitrogens is 2. The third-order valence-electron chi connectivity index (χ3n) is 15.3. The van der Waals surface area contributed by atoms with Crippen LogP contribution in [-0.2, 0) is 26.2 Å². The Labute approximate surface area is 483 Å². The first kappa shape index (κ1) is 54.0. The van der Waals surface area contributed by atoms with Crippen molar-refractivity contribution >= 4 is 43.6 Å². The van der Waals surface area contributed by atoms with E-state index in [1.807, 2.05) is 91.0 Å². The zero-order valence-electron chi connectivity index (χ0n) is 44.9. The number of rotatable bonds is 10. The van der Waals surface area contributed by atoms with Gasteiger partial charge >= 0.3 is 0 Å². The zero-order chi connectivity index (χ0) is 53.5. The number of hydrogen-bond donors (Lipinski definition) is 2. The molecule has 2 atom stereocenters. The van der Waals surface area contributed by atoms with Crippen LogP contribution in [0.25, 0.3) is 77.2 Å². The van der Waals surface area contributed by atoms with Gasteiger partial charge in [-0.3, -0.25) is 0 Å². The number of hydrogen-bond acceptors (Lipinski definition) is 2. The van der Waals surface area contributed by atoms with E-state index in [1.54, 1.807) is 0 Å². The molecule has 4 N–H and O–H groups in total. The number of ether oxygens (including phenoxy) is 2. The Morgan fingerprint density at radius 2 is 0.797 bits per heavy atom. The number of fused-ring (bicyclic) bond motifs is 6. The number of phenolic OH excluding ortho intramolecular Hbond substituents is 2. The molecular weight excluding hydrogens is 1050 g/mol. The first-order valence-corrected chi connectivity index (χ1v) is 27.1. The minimum atomic E-state index is 0. The van der Waals surface area contributed by atoms with Gasteiger partial charge in [-0.25, -0.2) is 0 Å². The average molecular weight is 1110 g/mol. The molecule has 7 heteroatoms. The van der Waals surface area contributed by atoms with Gasteiger partial charge in [0, 0.05) is 88.9 Å². The van der Waals surface area contributed by atoms with Crippen molar-refractivity contribution in [2.24, 2.45) is 11.8 Å². The number of aryl methyl sites for hydroxylation is 2. The molecule has 392 valence electrons. The molecule has 2 aromatic heterocycles. The summed E-state index contributed by atoms with van der Waals surface area (Å²) in [5.74, 6) is 3.01. The predicted molar refractivity (Wildman–Crippen MR) is 326 cm³/mol. The van der Waals surface area contributed by atoms with Gasteiger partial charge in [-0.05, 0) is 92.4 Å². The van der Waals surface area contributed by atoms with Crippen LogP contribution in [0.1, 0.15) is 47.9 Å². The summed E-state index contributed by atoms with van der Waals surface area (Å²) in [7, 11) is 0. The van der Waals surface area contributed by atoms with Crippen molar-refractivity contribution < 1.29 is 45.9 Å². The third-order valence-corrected chi connectivity index (χ3v) is 15.3. The Morgan fingerprint density at radius 3 is 1.23 bits per heavy atom. The maximum atomic E-state index is 12.2. The molecular formula is C72H66N2O4Zr. The van der Waals surface area contributed by atoms with Crippen molar-refractivity contribution in [2.75, 3.05) is 13.2 Å². The van der Waals surface area contributed by atoms with E-state index in [0.717, 1.165) is 113 Å². The van der Waals surface area contributed by atoms with Crippen molar-refractivity contribution in [2.45, 2.75) is 39.5 Å². The second kappa shape index (κ2) is 24.5. The van der Waals surface area contributed by atoms with E-state index in [2.05, 4.69) is 176 Å². The van der Waals surface area contributed by atoms with Crippen LogP contribution in [0.5, 0.6) is 23.0 Å². The van der Waals surface area contributed by atoms with Gasteiger partial charge in [0.25, 0.3) is 11.5 Å². The van der Waals surface area contributed by atoms with Crippen LogP contribution in [0.4, 0.5) is 0 Å². The minimum Gasteiger partial charge on any atom is -0.582 e. The molecule has 13 rings (SSSR count). The molecule has 1 fully saturated rings. The van der Waals surface area contributed by atoms with Crippen LogP contribution in [0.2, 0.25) is 0 Å². The summed E-state index contributed by atoms with van der Waals surface area (Å²) in [6, 6.07) is 78.2. The molecule has 0 spiro atoms. The molecule has 0 amide bonds. The number of nitrogens with zero attached hydrogens (tertiary/aromatic N) is 2. The quantitative estimate of drug-likeness (QED) is 0.106. The molecule has 6 nitrogen and oxygen atoms in total. The molecule has 10 aromatic carbocycles. The molecule has 0 aliphatic heterocycles. The molecule has 0 bridgehead atoms. The number of phenols is 2. The van der Waals surface area contributed by atoms with Crippen LogP contribution in [0.3, 0.4) is 0 Å². The maximum Gasteiger partial charge on any atom is 0.262 e. The normalized spacial score (nSPS) is 13.9. The van der Waals surface area contributed by atoms with Gasteiger partial charge < -0.3 is 28.8 Å². The summed E-state index contributed by atoms with van der Waals surface area (Å²) in [5.41, 5.74) is 13.8. The van der Waals surface area contributed by atoms with E-state index in [0.29, 0.717) is 25.0 Å². The van der Waals surface area contributed by atoms with Crippen molar-refractivity contribution in [1.82, 2.24) is 9.13 Å². The van der Waals surface area contributed by atoms with Crippen molar-refractivity contribution in [3.05, 3.63) is 267 Å². The Balaban J connectivity index is 0.000000410. The Hall–Kier alpha value is -8.38. The Morgan fingerprint density at radius 1 is 0.418 bits per heavy atom. The SMILES string of the molecule is Cc1cc(-c2ccccc2[OH+]CC2CCCCC2C[OH+]c2ccccc2-c2cc(C)c(-n3c4ccccc4c4ccccc43)cc2O)c(O)c(-n2c3ccccc3c3ccccc32)c1.[CH2-]c1ccccc1.[CH2-]c1ccccc1.[Zr]. The molecule has 12 aromatic rings. The second-order valence-electron chi connectivity index (χ2n) is 20.6. The largest absolute Gasteiger partial charge is 0.582 e. The van der Waals surface area contributed by atoms with Crippen LogP contribution >= 0.6 is 0 Å². The smallest absolute Gasteiger partial charge is 0.262 e. The topological polar surface area (TPSA) is 75.9 Å². The summed E-state index contributed by atoms with van der Waals surface area (Å²) in [6.07, 6.45) is 4.57.